The van der Waals surface area contributed by atoms with Crippen molar-refractivity contribution in [3.05, 3.63) is 29.7 Å². The Labute approximate surface area is 160 Å². The summed E-state index contributed by atoms with van der Waals surface area (Å²) in [5, 5.41) is 20.4. The third-order valence-corrected chi connectivity index (χ3v) is 4.43. The van der Waals surface area contributed by atoms with E-state index in [1.54, 1.807) is 33.4 Å². The van der Waals surface area contributed by atoms with E-state index in [-0.39, 0.29) is 17.9 Å². The van der Waals surface area contributed by atoms with E-state index in [2.05, 4.69) is 36.4 Å². The summed E-state index contributed by atoms with van der Waals surface area (Å²) in [5.74, 6) is 0.294. The first-order valence-electron chi connectivity index (χ1n) is 8.90. The molecule has 0 aromatic carbocycles. The summed E-state index contributed by atoms with van der Waals surface area (Å²) in [6.45, 7) is 0. The van der Waals surface area contributed by atoms with Gasteiger partial charge in [-0.15, -0.1) is 5.10 Å². The lowest BCUT2D eigenvalue weighted by atomic mass is 10.3. The van der Waals surface area contributed by atoms with Crippen molar-refractivity contribution in [2.75, 3.05) is 24.7 Å². The number of nitrogens with one attached hydrogen (secondary N) is 4. The molecule has 3 aromatic heterocycles. The van der Waals surface area contributed by atoms with Crippen LogP contribution in [-0.4, -0.2) is 56.3 Å². The maximum Gasteiger partial charge on any atom is 0.271 e. The van der Waals surface area contributed by atoms with E-state index in [0.717, 1.165) is 12.8 Å². The van der Waals surface area contributed by atoms with Gasteiger partial charge in [-0.2, -0.15) is 5.10 Å². The smallest absolute Gasteiger partial charge is 0.271 e. The van der Waals surface area contributed by atoms with E-state index in [0.29, 0.717) is 34.2 Å². The van der Waals surface area contributed by atoms with Crippen molar-refractivity contribution >= 4 is 34.8 Å². The molecule has 1 aliphatic carbocycles. The molecule has 0 saturated heterocycles. The molecule has 3 aromatic rings. The van der Waals surface area contributed by atoms with Crippen LogP contribution in [0.1, 0.15) is 33.7 Å². The zero-order valence-electron chi connectivity index (χ0n) is 15.8. The molecule has 4 rings (SSSR count). The number of carbonyl (C=O) groups is 2. The maximum atomic E-state index is 12.5. The first-order valence-corrected chi connectivity index (χ1v) is 8.90. The Morgan fingerprint density at radius 1 is 1.18 bits per heavy atom. The molecule has 0 bridgehead atoms. The number of carbonyl (C=O) groups excluding carboxylic acids is 2. The molecule has 0 aliphatic heterocycles. The van der Waals surface area contributed by atoms with Gasteiger partial charge in [-0.1, -0.05) is 0 Å². The zero-order chi connectivity index (χ0) is 19.8. The van der Waals surface area contributed by atoms with Gasteiger partial charge in [-0.05, 0) is 12.8 Å². The van der Waals surface area contributed by atoms with Gasteiger partial charge in [0.1, 0.15) is 5.56 Å². The summed E-state index contributed by atoms with van der Waals surface area (Å²) in [7, 11) is 5.04. The van der Waals surface area contributed by atoms with E-state index in [9.17, 15) is 9.59 Å². The molecule has 1 saturated carbocycles. The molecule has 0 unspecified atom stereocenters. The van der Waals surface area contributed by atoms with Crippen LogP contribution in [0.3, 0.4) is 0 Å². The van der Waals surface area contributed by atoms with Crippen LogP contribution in [0.5, 0.6) is 0 Å². The summed E-state index contributed by atoms with van der Waals surface area (Å²) in [6, 6.07) is 1.97. The SMILES string of the molecule is CNC(=O)c1cn(C)nc1Nc1cc(NC)c2ncc(C(=O)NC3CC3)n2n1. The number of amides is 2. The van der Waals surface area contributed by atoms with Crippen LogP contribution in [0.2, 0.25) is 0 Å². The molecule has 1 aliphatic rings. The highest BCUT2D eigenvalue weighted by molar-refractivity contribution is 5.99. The van der Waals surface area contributed by atoms with Crippen LogP contribution in [-0.2, 0) is 7.05 Å². The molecule has 0 radical (unpaired) electrons. The van der Waals surface area contributed by atoms with Crippen molar-refractivity contribution in [3.8, 4) is 0 Å². The van der Waals surface area contributed by atoms with Gasteiger partial charge >= 0.3 is 0 Å². The Morgan fingerprint density at radius 3 is 2.64 bits per heavy atom. The minimum Gasteiger partial charge on any atom is -0.385 e. The number of imidazole rings is 1. The summed E-state index contributed by atoms with van der Waals surface area (Å²) in [4.78, 5) is 28.9. The van der Waals surface area contributed by atoms with Gasteiger partial charge in [0.15, 0.2) is 23.0 Å². The molecular weight excluding hydrogens is 362 g/mol. The minimum absolute atomic E-state index is 0.217. The van der Waals surface area contributed by atoms with Crippen molar-refractivity contribution in [1.82, 2.24) is 35.0 Å². The Bertz CT molecular complexity index is 1060. The molecule has 11 heteroatoms. The normalized spacial score (nSPS) is 13.4. The Hall–Kier alpha value is -3.63. The molecule has 11 nitrogen and oxygen atoms in total. The molecule has 146 valence electrons. The molecule has 4 N–H and O–H groups in total. The molecule has 2 amide bonds. The zero-order valence-corrected chi connectivity index (χ0v) is 15.8. The monoisotopic (exact) mass is 383 g/mol. The van der Waals surface area contributed by atoms with Crippen molar-refractivity contribution < 1.29 is 9.59 Å². The van der Waals surface area contributed by atoms with Crippen molar-refractivity contribution in [1.29, 1.82) is 0 Å². The summed E-state index contributed by atoms with van der Waals surface area (Å²) in [6.07, 6.45) is 5.10. The fourth-order valence-electron chi connectivity index (χ4n) is 2.86. The van der Waals surface area contributed by atoms with Crippen LogP contribution in [0, 0.1) is 0 Å². The second-order valence-corrected chi connectivity index (χ2v) is 6.59. The van der Waals surface area contributed by atoms with Crippen LogP contribution in [0.25, 0.3) is 5.65 Å². The van der Waals surface area contributed by atoms with Crippen molar-refractivity contribution in [2.45, 2.75) is 18.9 Å². The fraction of sp³-hybridized carbons (Fsp3) is 0.353. The standard InChI is InChI=1S/C17H21N9O2/c1-18-11-6-13(22-14-10(16(27)19-2)8-25(3)24-14)23-26-12(7-20-15(11)26)17(28)21-9-4-5-9/h6-9,18H,4-5H2,1-3H3,(H,19,27)(H,21,28)(H,22,23,24). The van der Waals surface area contributed by atoms with E-state index in [1.165, 1.54) is 15.4 Å². The summed E-state index contributed by atoms with van der Waals surface area (Å²) >= 11 is 0. The topological polar surface area (TPSA) is 130 Å². The predicted molar refractivity (Wildman–Crippen MR) is 103 cm³/mol. The first kappa shape index (κ1) is 17.8. The summed E-state index contributed by atoms with van der Waals surface area (Å²) < 4.78 is 3.02. The highest BCUT2D eigenvalue weighted by atomic mass is 16.2. The average Bonchev–Trinajstić information content (AvgIpc) is 3.26. The first-order chi connectivity index (χ1) is 13.5. The number of rotatable bonds is 6. The molecule has 3 heterocycles. The lowest BCUT2D eigenvalue weighted by molar-refractivity contribution is 0.0941. The van der Waals surface area contributed by atoms with E-state index in [4.69, 9.17) is 0 Å². The number of nitrogens with zero attached hydrogens (tertiary/aromatic N) is 5. The molecule has 1 fully saturated rings. The van der Waals surface area contributed by atoms with E-state index < -0.39 is 0 Å². The van der Waals surface area contributed by atoms with Gasteiger partial charge in [0.05, 0.1) is 11.9 Å². The molecule has 0 atom stereocenters. The van der Waals surface area contributed by atoms with Crippen molar-refractivity contribution in [3.63, 3.8) is 0 Å². The Balaban J connectivity index is 1.73. The number of hydrogen-bond donors (Lipinski definition) is 4. The largest absolute Gasteiger partial charge is 0.385 e. The van der Waals surface area contributed by atoms with Crippen LogP contribution in [0.4, 0.5) is 17.3 Å². The van der Waals surface area contributed by atoms with Crippen LogP contribution >= 0.6 is 0 Å². The second kappa shape index (κ2) is 6.83. The van der Waals surface area contributed by atoms with Gasteiger partial charge in [0.2, 0.25) is 0 Å². The Kier molecular flexibility index (Phi) is 4.34. The van der Waals surface area contributed by atoms with E-state index in [1.807, 2.05) is 0 Å². The highest BCUT2D eigenvalue weighted by Gasteiger charge is 2.26. The average molecular weight is 383 g/mol. The number of aromatic nitrogens is 5. The number of anilines is 3. The van der Waals surface area contributed by atoms with Gasteiger partial charge in [0, 0.05) is 39.4 Å². The van der Waals surface area contributed by atoms with Gasteiger partial charge in [-0.3, -0.25) is 14.3 Å². The summed E-state index contributed by atoms with van der Waals surface area (Å²) in [5.41, 5.74) is 1.94. The maximum absolute atomic E-state index is 12.5. The molecular formula is C17H21N9O2. The van der Waals surface area contributed by atoms with Crippen LogP contribution < -0.4 is 21.3 Å². The number of hydrogen-bond acceptors (Lipinski definition) is 7. The third kappa shape index (κ3) is 3.21. The predicted octanol–water partition coefficient (Wildman–Crippen LogP) is 0.500. The fourth-order valence-corrected chi connectivity index (χ4v) is 2.86. The number of aryl methyl sites for hydroxylation is 1. The minimum atomic E-state index is -0.266. The van der Waals surface area contributed by atoms with E-state index >= 15 is 0 Å². The van der Waals surface area contributed by atoms with Gasteiger partial charge < -0.3 is 21.3 Å². The lowest BCUT2D eigenvalue weighted by Gasteiger charge is -2.10. The molecule has 28 heavy (non-hydrogen) atoms. The van der Waals surface area contributed by atoms with Gasteiger partial charge in [0.25, 0.3) is 11.8 Å². The van der Waals surface area contributed by atoms with Crippen molar-refractivity contribution in [2.24, 2.45) is 7.05 Å². The highest BCUT2D eigenvalue weighted by Crippen LogP contribution is 2.24. The quantitative estimate of drug-likeness (QED) is 0.488. The molecule has 0 spiro atoms. The number of fused-ring (bicyclic) bond motifs is 1. The lowest BCUT2D eigenvalue weighted by Crippen LogP contribution is -2.27. The third-order valence-electron chi connectivity index (χ3n) is 4.43. The Morgan fingerprint density at radius 2 is 1.96 bits per heavy atom. The van der Waals surface area contributed by atoms with Gasteiger partial charge in [-0.25, -0.2) is 9.50 Å². The second-order valence-electron chi connectivity index (χ2n) is 6.59. The van der Waals surface area contributed by atoms with Crippen LogP contribution in [0.15, 0.2) is 18.5 Å².